The van der Waals surface area contributed by atoms with Crippen LogP contribution < -0.4 is 5.32 Å². The predicted octanol–water partition coefficient (Wildman–Crippen LogP) is 0.103. The minimum atomic E-state index is -0.215. The summed E-state index contributed by atoms with van der Waals surface area (Å²) in [4.78, 5) is 23.2. The number of rotatable bonds is 4. The molecule has 0 radical (unpaired) electrons. The van der Waals surface area contributed by atoms with Crippen LogP contribution >= 0.6 is 0 Å². The van der Waals surface area contributed by atoms with E-state index in [0.717, 1.165) is 0 Å². The van der Waals surface area contributed by atoms with Gasteiger partial charge < -0.3 is 9.88 Å². The minimum absolute atomic E-state index is 0.215. The fourth-order valence-corrected chi connectivity index (χ4v) is 1.22. The van der Waals surface area contributed by atoms with Crippen LogP contribution in [-0.2, 0) is 6.54 Å². The van der Waals surface area contributed by atoms with Crippen LogP contribution in [0.2, 0.25) is 0 Å². The van der Waals surface area contributed by atoms with Crippen LogP contribution in [0.1, 0.15) is 10.5 Å². The second kappa shape index (κ2) is 5.01. The maximum Gasteiger partial charge on any atom is 0.271 e. The van der Waals surface area contributed by atoms with E-state index in [0.29, 0.717) is 18.8 Å². The van der Waals surface area contributed by atoms with E-state index in [1.165, 1.54) is 18.6 Å². The van der Waals surface area contributed by atoms with Gasteiger partial charge in [-0.15, -0.1) is 0 Å². The van der Waals surface area contributed by atoms with Crippen LogP contribution in [0.15, 0.2) is 37.3 Å². The van der Waals surface area contributed by atoms with Gasteiger partial charge in [-0.05, 0) is 0 Å². The highest BCUT2D eigenvalue weighted by atomic mass is 16.1. The van der Waals surface area contributed by atoms with Crippen molar-refractivity contribution in [2.24, 2.45) is 0 Å². The lowest BCUT2D eigenvalue weighted by molar-refractivity contribution is 0.0947. The van der Waals surface area contributed by atoms with Crippen LogP contribution in [-0.4, -0.2) is 32.0 Å². The second-order valence-electron chi connectivity index (χ2n) is 3.15. The smallest absolute Gasteiger partial charge is 0.271 e. The van der Waals surface area contributed by atoms with Gasteiger partial charge in [0.25, 0.3) is 5.91 Å². The Morgan fingerprint density at radius 3 is 2.94 bits per heavy atom. The average molecular weight is 217 g/mol. The normalized spacial score (nSPS) is 10.0. The third-order valence-electron chi connectivity index (χ3n) is 2.01. The summed E-state index contributed by atoms with van der Waals surface area (Å²) < 4.78 is 1.89. The number of nitrogens with one attached hydrogen (secondary N) is 1. The lowest BCUT2D eigenvalue weighted by Gasteiger charge is -2.04. The van der Waals surface area contributed by atoms with E-state index < -0.39 is 0 Å². The van der Waals surface area contributed by atoms with Gasteiger partial charge in [-0.2, -0.15) is 0 Å². The number of aromatic nitrogens is 4. The molecule has 0 saturated heterocycles. The maximum absolute atomic E-state index is 11.5. The first-order valence-corrected chi connectivity index (χ1v) is 4.86. The lowest BCUT2D eigenvalue weighted by atomic mass is 10.4. The molecule has 0 spiro atoms. The quantitative estimate of drug-likeness (QED) is 0.788. The van der Waals surface area contributed by atoms with Crippen molar-refractivity contribution in [2.45, 2.75) is 6.54 Å². The Bertz CT molecular complexity index is 439. The number of carbonyl (C=O) groups excluding carboxylic acids is 1. The average Bonchev–Trinajstić information content (AvgIpc) is 2.83. The minimum Gasteiger partial charge on any atom is -0.349 e. The lowest BCUT2D eigenvalue weighted by Crippen LogP contribution is -2.27. The predicted molar refractivity (Wildman–Crippen MR) is 56.6 cm³/mol. The molecule has 1 N–H and O–H groups in total. The third-order valence-corrected chi connectivity index (χ3v) is 2.01. The number of nitrogens with zero attached hydrogens (tertiary/aromatic N) is 4. The van der Waals surface area contributed by atoms with E-state index in [9.17, 15) is 4.79 Å². The Hall–Kier alpha value is -2.24. The first-order valence-electron chi connectivity index (χ1n) is 4.86. The van der Waals surface area contributed by atoms with E-state index in [1.807, 2.05) is 10.8 Å². The van der Waals surface area contributed by atoms with Crippen LogP contribution in [0.3, 0.4) is 0 Å². The van der Waals surface area contributed by atoms with Gasteiger partial charge in [-0.1, -0.05) is 0 Å². The summed E-state index contributed by atoms with van der Waals surface area (Å²) in [6.07, 6.45) is 9.70. The molecular formula is C10H11N5O. The van der Waals surface area contributed by atoms with Crippen molar-refractivity contribution < 1.29 is 4.79 Å². The molecule has 0 bridgehead atoms. The SMILES string of the molecule is O=C(NCCn1ccnc1)c1cnccn1. The van der Waals surface area contributed by atoms with Crippen LogP contribution in [0.5, 0.6) is 0 Å². The maximum atomic E-state index is 11.5. The molecule has 6 heteroatoms. The number of hydrogen-bond donors (Lipinski definition) is 1. The zero-order valence-corrected chi connectivity index (χ0v) is 8.58. The molecule has 82 valence electrons. The molecule has 0 aliphatic rings. The highest BCUT2D eigenvalue weighted by Crippen LogP contribution is 1.90. The van der Waals surface area contributed by atoms with Gasteiger partial charge >= 0.3 is 0 Å². The van der Waals surface area contributed by atoms with E-state index in [-0.39, 0.29) is 5.91 Å². The highest BCUT2D eigenvalue weighted by molar-refractivity contribution is 5.91. The summed E-state index contributed by atoms with van der Waals surface area (Å²) >= 11 is 0. The van der Waals surface area contributed by atoms with Crippen molar-refractivity contribution in [1.82, 2.24) is 24.8 Å². The van der Waals surface area contributed by atoms with Gasteiger partial charge in [0.05, 0.1) is 12.5 Å². The molecular weight excluding hydrogens is 206 g/mol. The number of imidazole rings is 1. The fourth-order valence-electron chi connectivity index (χ4n) is 1.22. The van der Waals surface area contributed by atoms with Gasteiger partial charge in [-0.25, -0.2) is 9.97 Å². The molecule has 2 aromatic heterocycles. The van der Waals surface area contributed by atoms with Gasteiger partial charge in [0.1, 0.15) is 5.69 Å². The van der Waals surface area contributed by atoms with Crippen LogP contribution in [0.25, 0.3) is 0 Å². The van der Waals surface area contributed by atoms with E-state index in [1.54, 1.807) is 12.5 Å². The Kier molecular flexibility index (Phi) is 3.22. The van der Waals surface area contributed by atoms with E-state index in [4.69, 9.17) is 0 Å². The molecule has 16 heavy (non-hydrogen) atoms. The van der Waals surface area contributed by atoms with Gasteiger partial charge in [0, 0.05) is 37.9 Å². The molecule has 0 fully saturated rings. The zero-order chi connectivity index (χ0) is 11.2. The standard InChI is InChI=1S/C10H11N5O/c16-10(9-7-11-1-2-13-9)14-4-6-15-5-3-12-8-15/h1-3,5,7-8H,4,6H2,(H,14,16). The molecule has 1 amide bonds. The summed E-state index contributed by atoms with van der Waals surface area (Å²) in [6.45, 7) is 1.22. The molecule has 0 unspecified atom stereocenters. The Morgan fingerprint density at radius 1 is 1.31 bits per heavy atom. The van der Waals surface area contributed by atoms with Crippen molar-refractivity contribution >= 4 is 5.91 Å². The number of carbonyl (C=O) groups is 1. The van der Waals surface area contributed by atoms with Gasteiger partial charge in [0.2, 0.25) is 0 Å². The van der Waals surface area contributed by atoms with Gasteiger partial charge in [0.15, 0.2) is 0 Å². The fraction of sp³-hybridized carbons (Fsp3) is 0.200. The zero-order valence-electron chi connectivity index (χ0n) is 8.58. The second-order valence-corrected chi connectivity index (χ2v) is 3.15. The summed E-state index contributed by atoms with van der Waals surface area (Å²) in [6, 6.07) is 0. The summed E-state index contributed by atoms with van der Waals surface area (Å²) in [7, 11) is 0. The Balaban J connectivity index is 1.81. The van der Waals surface area contributed by atoms with Crippen molar-refractivity contribution in [3.8, 4) is 0 Å². The number of hydrogen-bond acceptors (Lipinski definition) is 4. The summed E-state index contributed by atoms with van der Waals surface area (Å²) in [5.41, 5.74) is 0.327. The third kappa shape index (κ3) is 2.63. The largest absolute Gasteiger partial charge is 0.349 e. The van der Waals surface area contributed by atoms with Crippen molar-refractivity contribution in [3.63, 3.8) is 0 Å². The molecule has 0 aromatic carbocycles. The molecule has 0 atom stereocenters. The summed E-state index contributed by atoms with van der Waals surface area (Å²) in [5, 5.41) is 2.75. The monoisotopic (exact) mass is 217 g/mol. The van der Waals surface area contributed by atoms with Crippen molar-refractivity contribution in [3.05, 3.63) is 43.0 Å². The molecule has 0 saturated carbocycles. The highest BCUT2D eigenvalue weighted by Gasteiger charge is 2.04. The topological polar surface area (TPSA) is 72.7 Å². The molecule has 2 rings (SSSR count). The number of amides is 1. The van der Waals surface area contributed by atoms with E-state index in [2.05, 4.69) is 20.3 Å². The molecule has 2 heterocycles. The van der Waals surface area contributed by atoms with Gasteiger partial charge in [-0.3, -0.25) is 9.78 Å². The van der Waals surface area contributed by atoms with Crippen molar-refractivity contribution in [1.29, 1.82) is 0 Å². The first-order chi connectivity index (χ1) is 7.86. The molecule has 0 aliphatic carbocycles. The van der Waals surface area contributed by atoms with Crippen LogP contribution in [0, 0.1) is 0 Å². The van der Waals surface area contributed by atoms with E-state index >= 15 is 0 Å². The Morgan fingerprint density at radius 2 is 2.25 bits per heavy atom. The molecule has 0 aliphatic heterocycles. The molecule has 6 nitrogen and oxygen atoms in total. The molecule has 2 aromatic rings. The van der Waals surface area contributed by atoms with Crippen LogP contribution in [0.4, 0.5) is 0 Å². The Labute approximate surface area is 92.4 Å². The van der Waals surface area contributed by atoms with Crippen molar-refractivity contribution in [2.75, 3.05) is 6.54 Å². The summed E-state index contributed by atoms with van der Waals surface area (Å²) in [5.74, 6) is -0.215. The first kappa shape index (κ1) is 10.3.